The van der Waals surface area contributed by atoms with Gasteiger partial charge in [-0.1, -0.05) is 24.3 Å². The summed E-state index contributed by atoms with van der Waals surface area (Å²) in [6.45, 7) is 0.863. The number of carbonyl (C=O) groups is 3. The molecular weight excluding hydrogens is 472 g/mol. The van der Waals surface area contributed by atoms with Crippen LogP contribution in [0.1, 0.15) is 43.9 Å². The Bertz CT molecular complexity index is 1510. The standard InChI is InChI=1S/C28H22N4O5/c33-24(18-11-12-22-23(15-18)28(35)32(27(22)34)16-21-10-5-13-36-21)29-20-9-4-8-19(14-20)26-31-30-25(37-26)17-6-2-1-3-7-17/h1-4,6-9,11-12,14-15,21H,5,10,13,16H2,(H,29,33). The van der Waals surface area contributed by atoms with E-state index in [9.17, 15) is 14.4 Å². The van der Waals surface area contributed by atoms with Gasteiger partial charge in [0.05, 0.1) is 23.8 Å². The van der Waals surface area contributed by atoms with Crippen molar-refractivity contribution in [1.82, 2.24) is 15.1 Å². The summed E-state index contributed by atoms with van der Waals surface area (Å²) < 4.78 is 11.4. The number of carbonyl (C=O) groups excluding carboxylic acids is 3. The van der Waals surface area contributed by atoms with Crippen molar-refractivity contribution < 1.29 is 23.5 Å². The first-order chi connectivity index (χ1) is 18.1. The molecule has 1 unspecified atom stereocenters. The van der Waals surface area contributed by atoms with E-state index >= 15 is 0 Å². The Kier molecular flexibility index (Phi) is 5.82. The lowest BCUT2D eigenvalue weighted by Crippen LogP contribution is -2.36. The second-order valence-electron chi connectivity index (χ2n) is 8.93. The summed E-state index contributed by atoms with van der Waals surface area (Å²) in [5, 5.41) is 11.1. The fourth-order valence-corrected chi connectivity index (χ4v) is 4.56. The Morgan fingerprint density at radius 2 is 1.65 bits per heavy atom. The zero-order valence-corrected chi connectivity index (χ0v) is 19.7. The molecule has 2 aliphatic heterocycles. The molecule has 1 aromatic heterocycles. The molecule has 1 atom stereocenters. The van der Waals surface area contributed by atoms with E-state index in [4.69, 9.17) is 9.15 Å². The van der Waals surface area contributed by atoms with Gasteiger partial charge < -0.3 is 14.5 Å². The maximum absolute atomic E-state index is 13.0. The van der Waals surface area contributed by atoms with Crippen molar-refractivity contribution >= 4 is 23.4 Å². The quantitative estimate of drug-likeness (QED) is 0.394. The third-order valence-corrected chi connectivity index (χ3v) is 6.46. The molecular formula is C28H22N4O5. The van der Waals surface area contributed by atoms with Gasteiger partial charge in [-0.15, -0.1) is 10.2 Å². The fourth-order valence-electron chi connectivity index (χ4n) is 4.56. The predicted molar refractivity (Wildman–Crippen MR) is 134 cm³/mol. The molecule has 0 spiro atoms. The minimum absolute atomic E-state index is 0.139. The minimum Gasteiger partial charge on any atom is -0.416 e. The number of benzene rings is 3. The molecule has 1 saturated heterocycles. The van der Waals surface area contributed by atoms with Crippen molar-refractivity contribution in [1.29, 1.82) is 0 Å². The van der Waals surface area contributed by atoms with E-state index in [2.05, 4.69) is 15.5 Å². The molecule has 1 N–H and O–H groups in total. The van der Waals surface area contributed by atoms with Gasteiger partial charge in [0.15, 0.2) is 0 Å². The number of hydrogen-bond donors (Lipinski definition) is 1. The maximum Gasteiger partial charge on any atom is 0.261 e. The van der Waals surface area contributed by atoms with Gasteiger partial charge in [0.1, 0.15) is 0 Å². The van der Waals surface area contributed by atoms with E-state index in [-0.39, 0.29) is 29.7 Å². The highest BCUT2D eigenvalue weighted by atomic mass is 16.5. The van der Waals surface area contributed by atoms with Gasteiger partial charge in [0.25, 0.3) is 17.7 Å². The molecule has 3 amide bonds. The number of nitrogens with zero attached hydrogens (tertiary/aromatic N) is 3. The number of ether oxygens (including phenoxy) is 1. The van der Waals surface area contributed by atoms with Gasteiger partial charge in [-0.3, -0.25) is 19.3 Å². The molecule has 2 aliphatic rings. The number of anilines is 1. The molecule has 6 rings (SSSR count). The van der Waals surface area contributed by atoms with Crippen molar-refractivity contribution in [2.75, 3.05) is 18.5 Å². The summed E-state index contributed by atoms with van der Waals surface area (Å²) in [6, 6.07) is 21.0. The van der Waals surface area contributed by atoms with E-state index in [0.29, 0.717) is 35.2 Å². The Labute approximate surface area is 212 Å². The van der Waals surface area contributed by atoms with E-state index in [1.165, 1.54) is 17.0 Å². The van der Waals surface area contributed by atoms with E-state index in [1.54, 1.807) is 30.3 Å². The highest BCUT2D eigenvalue weighted by Crippen LogP contribution is 2.28. The van der Waals surface area contributed by atoms with Crippen molar-refractivity contribution in [3.63, 3.8) is 0 Å². The summed E-state index contributed by atoms with van der Waals surface area (Å²) in [6.07, 6.45) is 1.59. The Balaban J connectivity index is 1.18. The summed E-state index contributed by atoms with van der Waals surface area (Å²) in [4.78, 5) is 39.9. The van der Waals surface area contributed by atoms with Crippen LogP contribution in [0.15, 0.2) is 77.2 Å². The van der Waals surface area contributed by atoms with Crippen LogP contribution in [0.2, 0.25) is 0 Å². The number of rotatable bonds is 6. The Morgan fingerprint density at radius 3 is 2.43 bits per heavy atom. The Morgan fingerprint density at radius 1 is 0.892 bits per heavy atom. The van der Waals surface area contributed by atoms with E-state index in [1.807, 2.05) is 30.3 Å². The third-order valence-electron chi connectivity index (χ3n) is 6.46. The predicted octanol–water partition coefficient (Wildman–Crippen LogP) is 4.43. The third kappa shape index (κ3) is 4.41. The lowest BCUT2D eigenvalue weighted by atomic mass is 10.1. The summed E-state index contributed by atoms with van der Waals surface area (Å²) in [5.41, 5.74) is 2.77. The molecule has 37 heavy (non-hydrogen) atoms. The number of aromatic nitrogens is 2. The van der Waals surface area contributed by atoms with Crippen LogP contribution in [-0.4, -0.2) is 52.1 Å². The Hall–Kier alpha value is -4.63. The van der Waals surface area contributed by atoms with Crippen LogP contribution in [0.5, 0.6) is 0 Å². The molecule has 0 aliphatic carbocycles. The molecule has 184 valence electrons. The zero-order valence-electron chi connectivity index (χ0n) is 19.7. The molecule has 9 heteroatoms. The molecule has 0 saturated carbocycles. The number of nitrogens with one attached hydrogen (secondary N) is 1. The normalized spacial score (nSPS) is 16.8. The lowest BCUT2D eigenvalue weighted by Gasteiger charge is -2.17. The van der Waals surface area contributed by atoms with Crippen molar-refractivity contribution in [3.8, 4) is 22.9 Å². The number of hydrogen-bond acceptors (Lipinski definition) is 7. The fraction of sp³-hybridized carbons (Fsp3) is 0.179. The van der Waals surface area contributed by atoms with E-state index in [0.717, 1.165) is 18.4 Å². The highest BCUT2D eigenvalue weighted by molar-refractivity contribution is 6.22. The molecule has 1 fully saturated rings. The van der Waals surface area contributed by atoms with E-state index < -0.39 is 11.8 Å². The van der Waals surface area contributed by atoms with Gasteiger partial charge in [0, 0.05) is 29.0 Å². The second kappa shape index (κ2) is 9.44. The zero-order chi connectivity index (χ0) is 25.4. The first-order valence-electron chi connectivity index (χ1n) is 12.0. The summed E-state index contributed by atoms with van der Waals surface area (Å²) in [5.74, 6) is -0.450. The number of fused-ring (bicyclic) bond motifs is 1. The van der Waals surface area contributed by atoms with Gasteiger partial charge in [-0.05, 0) is 61.4 Å². The van der Waals surface area contributed by atoms with Crippen molar-refractivity contribution in [2.24, 2.45) is 0 Å². The first-order valence-corrected chi connectivity index (χ1v) is 12.0. The van der Waals surface area contributed by atoms with Gasteiger partial charge in [-0.2, -0.15) is 0 Å². The van der Waals surface area contributed by atoms with Gasteiger partial charge in [-0.25, -0.2) is 0 Å². The van der Waals surface area contributed by atoms with Crippen LogP contribution in [-0.2, 0) is 4.74 Å². The van der Waals surface area contributed by atoms with Crippen LogP contribution in [0.3, 0.4) is 0 Å². The summed E-state index contributed by atoms with van der Waals surface area (Å²) >= 11 is 0. The van der Waals surface area contributed by atoms with Crippen LogP contribution >= 0.6 is 0 Å². The smallest absolute Gasteiger partial charge is 0.261 e. The van der Waals surface area contributed by atoms with Gasteiger partial charge >= 0.3 is 0 Å². The average Bonchev–Trinajstić information content (AvgIpc) is 3.68. The topological polar surface area (TPSA) is 115 Å². The maximum atomic E-state index is 13.0. The molecule has 4 aromatic rings. The lowest BCUT2D eigenvalue weighted by molar-refractivity contribution is 0.0475. The SMILES string of the molecule is O=C(Nc1cccc(-c2nnc(-c3ccccc3)o2)c1)c1ccc2c(c1)C(=O)N(CC1CCCO1)C2=O. The summed E-state index contributed by atoms with van der Waals surface area (Å²) in [7, 11) is 0. The monoisotopic (exact) mass is 494 g/mol. The first kappa shape index (κ1) is 22.8. The van der Waals surface area contributed by atoms with Crippen LogP contribution in [0.4, 0.5) is 5.69 Å². The molecule has 9 nitrogen and oxygen atoms in total. The highest BCUT2D eigenvalue weighted by Gasteiger charge is 2.38. The van der Waals surface area contributed by atoms with Gasteiger partial charge in [0.2, 0.25) is 11.8 Å². The number of imide groups is 1. The average molecular weight is 495 g/mol. The molecule has 0 radical (unpaired) electrons. The van der Waals surface area contributed by atoms with Crippen LogP contribution < -0.4 is 5.32 Å². The van der Waals surface area contributed by atoms with Crippen LogP contribution in [0, 0.1) is 0 Å². The number of amides is 3. The van der Waals surface area contributed by atoms with Crippen LogP contribution in [0.25, 0.3) is 22.9 Å². The molecule has 3 heterocycles. The van der Waals surface area contributed by atoms with Crippen molar-refractivity contribution in [2.45, 2.75) is 18.9 Å². The second-order valence-corrected chi connectivity index (χ2v) is 8.93. The molecule has 0 bridgehead atoms. The van der Waals surface area contributed by atoms with Crippen molar-refractivity contribution in [3.05, 3.63) is 89.5 Å². The largest absolute Gasteiger partial charge is 0.416 e. The minimum atomic E-state index is -0.409. The molecule has 3 aromatic carbocycles.